The third-order valence-electron chi connectivity index (χ3n) is 2.72. The Kier molecular flexibility index (Phi) is 2.83. The van der Waals surface area contributed by atoms with Crippen molar-refractivity contribution in [2.45, 2.75) is 32.4 Å². The number of hydrogen-bond donors (Lipinski definition) is 2. The van der Waals surface area contributed by atoms with E-state index in [1.165, 1.54) is 0 Å². The number of amides is 1. The van der Waals surface area contributed by atoms with Gasteiger partial charge in [0.2, 0.25) is 0 Å². The molecule has 2 rings (SSSR count). The van der Waals surface area contributed by atoms with Gasteiger partial charge in [-0.15, -0.1) is 0 Å². The van der Waals surface area contributed by atoms with Gasteiger partial charge >= 0.3 is 0 Å². The number of nitrogens with one attached hydrogen (secondary N) is 1. The van der Waals surface area contributed by atoms with Crippen LogP contribution in [0.1, 0.15) is 31.9 Å². The van der Waals surface area contributed by atoms with Crippen LogP contribution in [0.15, 0.2) is 18.2 Å². The van der Waals surface area contributed by atoms with Crippen LogP contribution in [0.4, 0.5) is 5.69 Å². The molecule has 1 aliphatic heterocycles. The lowest BCUT2D eigenvalue weighted by Crippen LogP contribution is -2.36. The minimum Gasteiger partial charge on any atom is -0.478 e. The van der Waals surface area contributed by atoms with Gasteiger partial charge in [0.15, 0.2) is 6.10 Å². The zero-order valence-electron chi connectivity index (χ0n) is 9.49. The molecule has 1 amide bonds. The summed E-state index contributed by atoms with van der Waals surface area (Å²) in [5.74, 6) is 0.629. The summed E-state index contributed by atoms with van der Waals surface area (Å²) in [6.45, 7) is 3.84. The van der Waals surface area contributed by atoms with Crippen LogP contribution in [0, 0.1) is 0 Å². The molecule has 1 aromatic carbocycles. The molecule has 16 heavy (non-hydrogen) atoms. The fourth-order valence-electron chi connectivity index (χ4n) is 1.71. The highest BCUT2D eigenvalue weighted by Gasteiger charge is 2.26. The fraction of sp³-hybridized carbons (Fsp3) is 0.417. The number of benzene rings is 1. The van der Waals surface area contributed by atoms with Gasteiger partial charge in [-0.1, -0.05) is 13.0 Å². The first kappa shape index (κ1) is 11.0. The van der Waals surface area contributed by atoms with Gasteiger partial charge in [0.25, 0.3) is 5.91 Å². The number of ether oxygens (including phenoxy) is 1. The lowest BCUT2D eigenvalue weighted by Gasteiger charge is -2.25. The van der Waals surface area contributed by atoms with Gasteiger partial charge in [-0.05, 0) is 31.0 Å². The van der Waals surface area contributed by atoms with Crippen LogP contribution in [0.25, 0.3) is 0 Å². The van der Waals surface area contributed by atoms with Gasteiger partial charge < -0.3 is 15.8 Å². The first-order valence-electron chi connectivity index (χ1n) is 5.49. The molecule has 0 unspecified atom stereocenters. The molecule has 1 heterocycles. The van der Waals surface area contributed by atoms with E-state index >= 15 is 0 Å². The Balaban J connectivity index is 2.33. The van der Waals surface area contributed by atoms with Gasteiger partial charge in [-0.25, -0.2) is 0 Å². The van der Waals surface area contributed by atoms with Crippen LogP contribution >= 0.6 is 0 Å². The number of carbonyl (C=O) groups excluding carboxylic acids is 1. The Labute approximate surface area is 94.8 Å². The van der Waals surface area contributed by atoms with Crippen LogP contribution in [-0.2, 0) is 4.79 Å². The van der Waals surface area contributed by atoms with E-state index in [0.717, 1.165) is 11.3 Å². The van der Waals surface area contributed by atoms with Crippen molar-refractivity contribution in [2.24, 2.45) is 5.73 Å². The normalized spacial score (nSPS) is 20.7. The highest BCUT2D eigenvalue weighted by molar-refractivity contribution is 5.97. The molecule has 0 spiro atoms. The summed E-state index contributed by atoms with van der Waals surface area (Å²) in [5, 5.41) is 2.82. The van der Waals surface area contributed by atoms with Crippen molar-refractivity contribution in [3.63, 3.8) is 0 Å². The maximum absolute atomic E-state index is 11.5. The Morgan fingerprint density at radius 2 is 2.31 bits per heavy atom. The summed E-state index contributed by atoms with van der Waals surface area (Å²) in [6, 6.07) is 5.59. The Bertz CT molecular complexity index is 415. The number of nitrogens with two attached hydrogens (primary N) is 1. The van der Waals surface area contributed by atoms with Gasteiger partial charge in [0, 0.05) is 6.04 Å². The number of rotatable bonds is 2. The smallest absolute Gasteiger partial charge is 0.265 e. The molecule has 4 nitrogen and oxygen atoms in total. The summed E-state index contributed by atoms with van der Waals surface area (Å²) in [7, 11) is 0. The molecule has 2 atom stereocenters. The van der Waals surface area contributed by atoms with E-state index in [2.05, 4.69) is 5.32 Å². The number of anilines is 1. The molecule has 0 aromatic heterocycles. The summed E-state index contributed by atoms with van der Waals surface area (Å²) >= 11 is 0. The predicted octanol–water partition coefficient (Wildman–Crippen LogP) is 1.82. The Hall–Kier alpha value is -1.55. The van der Waals surface area contributed by atoms with Crippen LogP contribution in [0.2, 0.25) is 0 Å². The minimum atomic E-state index is -0.393. The molecule has 1 aromatic rings. The van der Waals surface area contributed by atoms with E-state index in [1.54, 1.807) is 0 Å². The molecule has 0 saturated carbocycles. The molecule has 86 valence electrons. The van der Waals surface area contributed by atoms with Crippen molar-refractivity contribution >= 4 is 11.6 Å². The molecule has 4 heteroatoms. The zero-order chi connectivity index (χ0) is 11.7. The summed E-state index contributed by atoms with van der Waals surface area (Å²) < 4.78 is 5.62. The number of carbonyl (C=O) groups is 1. The molecule has 0 radical (unpaired) electrons. The quantitative estimate of drug-likeness (QED) is 0.799. The van der Waals surface area contributed by atoms with Crippen molar-refractivity contribution < 1.29 is 9.53 Å². The third kappa shape index (κ3) is 1.88. The minimum absolute atomic E-state index is 0.0356. The summed E-state index contributed by atoms with van der Waals surface area (Å²) in [6.07, 6.45) is 0.268. The fourth-order valence-corrected chi connectivity index (χ4v) is 1.71. The topological polar surface area (TPSA) is 64.3 Å². The van der Waals surface area contributed by atoms with Gasteiger partial charge in [-0.2, -0.15) is 0 Å². The first-order chi connectivity index (χ1) is 7.61. The molecule has 0 fully saturated rings. The lowest BCUT2D eigenvalue weighted by molar-refractivity contribution is -0.123. The van der Waals surface area contributed by atoms with E-state index in [9.17, 15) is 4.79 Å². The molecule has 0 aliphatic carbocycles. The van der Waals surface area contributed by atoms with E-state index in [0.29, 0.717) is 12.2 Å². The van der Waals surface area contributed by atoms with E-state index < -0.39 is 6.10 Å². The SMILES string of the molecule is CC[C@H]1Oc2cc([C@H](C)N)ccc2NC1=O. The molecular formula is C12H16N2O2. The van der Waals surface area contributed by atoms with Gasteiger partial charge in [-0.3, -0.25) is 4.79 Å². The monoisotopic (exact) mass is 220 g/mol. The highest BCUT2D eigenvalue weighted by atomic mass is 16.5. The van der Waals surface area contributed by atoms with Crippen molar-refractivity contribution in [2.75, 3.05) is 5.32 Å². The van der Waals surface area contributed by atoms with Crippen molar-refractivity contribution in [3.8, 4) is 5.75 Å². The van der Waals surface area contributed by atoms with Crippen molar-refractivity contribution in [1.82, 2.24) is 0 Å². The van der Waals surface area contributed by atoms with Crippen LogP contribution < -0.4 is 15.8 Å². The largest absolute Gasteiger partial charge is 0.478 e. The van der Waals surface area contributed by atoms with Crippen molar-refractivity contribution in [1.29, 1.82) is 0 Å². The average molecular weight is 220 g/mol. The molecule has 0 bridgehead atoms. The second-order valence-electron chi connectivity index (χ2n) is 4.05. The molecular weight excluding hydrogens is 204 g/mol. The summed E-state index contributed by atoms with van der Waals surface area (Å²) in [5.41, 5.74) is 7.52. The first-order valence-corrected chi connectivity index (χ1v) is 5.49. The van der Waals surface area contributed by atoms with Crippen LogP contribution in [-0.4, -0.2) is 12.0 Å². The van der Waals surface area contributed by atoms with Crippen LogP contribution in [0.3, 0.4) is 0 Å². The molecule has 0 saturated heterocycles. The van der Waals surface area contributed by atoms with E-state index in [1.807, 2.05) is 32.0 Å². The molecule has 1 aliphatic rings. The standard InChI is InChI=1S/C12H16N2O2/c1-3-10-12(15)14-9-5-4-8(7(2)13)6-11(9)16-10/h4-7,10H,3,13H2,1-2H3,(H,14,15)/t7-,10+/m0/s1. The maximum atomic E-state index is 11.5. The highest BCUT2D eigenvalue weighted by Crippen LogP contribution is 2.32. The third-order valence-corrected chi connectivity index (χ3v) is 2.72. The maximum Gasteiger partial charge on any atom is 0.265 e. The zero-order valence-corrected chi connectivity index (χ0v) is 9.49. The average Bonchev–Trinajstić information content (AvgIpc) is 2.27. The van der Waals surface area contributed by atoms with Crippen LogP contribution in [0.5, 0.6) is 5.75 Å². The summed E-state index contributed by atoms with van der Waals surface area (Å²) in [4.78, 5) is 11.5. The number of hydrogen-bond acceptors (Lipinski definition) is 3. The van der Waals surface area contributed by atoms with Gasteiger partial charge in [0.05, 0.1) is 5.69 Å². The second kappa shape index (κ2) is 4.14. The lowest BCUT2D eigenvalue weighted by atomic mass is 10.1. The van der Waals surface area contributed by atoms with Crippen molar-refractivity contribution in [3.05, 3.63) is 23.8 Å². The molecule has 3 N–H and O–H groups in total. The Morgan fingerprint density at radius 1 is 1.56 bits per heavy atom. The van der Waals surface area contributed by atoms with Gasteiger partial charge in [0.1, 0.15) is 5.75 Å². The van der Waals surface area contributed by atoms with E-state index in [-0.39, 0.29) is 11.9 Å². The van der Waals surface area contributed by atoms with E-state index in [4.69, 9.17) is 10.5 Å². The second-order valence-corrected chi connectivity index (χ2v) is 4.05. The number of fused-ring (bicyclic) bond motifs is 1. The predicted molar refractivity (Wildman–Crippen MR) is 62.4 cm³/mol. The Morgan fingerprint density at radius 3 is 2.94 bits per heavy atom.